The number of hydrogen-bond donors (Lipinski definition) is 0. The van der Waals surface area contributed by atoms with Gasteiger partial charge in [-0.2, -0.15) is 0 Å². The molecule has 0 aliphatic heterocycles. The van der Waals surface area contributed by atoms with E-state index in [1.165, 1.54) is 6.07 Å². The van der Waals surface area contributed by atoms with E-state index in [1.807, 2.05) is 30.3 Å². The Morgan fingerprint density at radius 2 is 1.81 bits per heavy atom. The third-order valence-electron chi connectivity index (χ3n) is 2.13. The molecule has 0 bridgehead atoms. The molecule has 0 unspecified atom stereocenters. The summed E-state index contributed by atoms with van der Waals surface area (Å²) < 4.78 is 19.0. The Kier molecular flexibility index (Phi) is 3.57. The molecule has 0 heterocycles. The van der Waals surface area contributed by atoms with E-state index >= 15 is 0 Å². The second kappa shape index (κ2) is 5.12. The fourth-order valence-electron chi connectivity index (χ4n) is 1.31. The third kappa shape index (κ3) is 2.83. The van der Waals surface area contributed by atoms with Crippen LogP contribution in [-0.4, -0.2) is 0 Å². The van der Waals surface area contributed by atoms with Crippen molar-refractivity contribution < 1.29 is 9.13 Å². The molecule has 2 rings (SSSR count). The SMILES string of the molecule is Fc1ccc(COc2ccccc2)cc1Br. The lowest BCUT2D eigenvalue weighted by atomic mass is 10.2. The Hall–Kier alpha value is -1.35. The van der Waals surface area contributed by atoms with Gasteiger partial charge in [-0.15, -0.1) is 0 Å². The standard InChI is InChI=1S/C13H10BrFO/c14-12-8-10(6-7-13(12)15)9-16-11-4-2-1-3-5-11/h1-8H,9H2. The second-order valence-corrected chi connectivity index (χ2v) is 4.20. The predicted octanol–water partition coefficient (Wildman–Crippen LogP) is 4.17. The Bertz CT molecular complexity index is 471. The summed E-state index contributed by atoms with van der Waals surface area (Å²) in [5.41, 5.74) is 0.928. The minimum Gasteiger partial charge on any atom is -0.489 e. The van der Waals surface area contributed by atoms with Crippen LogP contribution in [0.4, 0.5) is 4.39 Å². The zero-order valence-corrected chi connectivity index (χ0v) is 10.1. The van der Waals surface area contributed by atoms with Gasteiger partial charge in [-0.1, -0.05) is 24.3 Å². The highest BCUT2D eigenvalue weighted by Crippen LogP contribution is 2.18. The van der Waals surface area contributed by atoms with Crippen LogP contribution in [0.3, 0.4) is 0 Å². The Labute approximate surface area is 102 Å². The average Bonchev–Trinajstić information content (AvgIpc) is 2.32. The second-order valence-electron chi connectivity index (χ2n) is 3.35. The Morgan fingerprint density at radius 1 is 1.06 bits per heavy atom. The summed E-state index contributed by atoms with van der Waals surface area (Å²) in [6.45, 7) is 0.433. The minimum absolute atomic E-state index is 0.261. The summed E-state index contributed by atoms with van der Waals surface area (Å²) in [7, 11) is 0. The summed E-state index contributed by atoms with van der Waals surface area (Å²) >= 11 is 3.14. The van der Waals surface area contributed by atoms with E-state index in [1.54, 1.807) is 12.1 Å². The number of para-hydroxylation sites is 1. The van der Waals surface area contributed by atoms with Gasteiger partial charge < -0.3 is 4.74 Å². The summed E-state index contributed by atoms with van der Waals surface area (Å²) in [5.74, 6) is 0.548. The molecule has 0 saturated heterocycles. The molecule has 0 aliphatic carbocycles. The van der Waals surface area contributed by atoms with Crippen molar-refractivity contribution >= 4 is 15.9 Å². The molecule has 3 heteroatoms. The molecule has 0 spiro atoms. The van der Waals surface area contributed by atoms with E-state index < -0.39 is 0 Å². The first-order chi connectivity index (χ1) is 7.75. The highest BCUT2D eigenvalue weighted by Gasteiger charge is 2.01. The van der Waals surface area contributed by atoms with E-state index in [4.69, 9.17) is 4.74 Å². The lowest BCUT2D eigenvalue weighted by Gasteiger charge is -2.06. The van der Waals surface area contributed by atoms with Crippen LogP contribution in [0.2, 0.25) is 0 Å². The van der Waals surface area contributed by atoms with Crippen molar-refractivity contribution in [1.29, 1.82) is 0 Å². The first kappa shape index (κ1) is 11.1. The van der Waals surface area contributed by atoms with Crippen LogP contribution in [0, 0.1) is 5.82 Å². The van der Waals surface area contributed by atoms with Crippen molar-refractivity contribution in [2.24, 2.45) is 0 Å². The number of rotatable bonds is 3. The quantitative estimate of drug-likeness (QED) is 0.820. The van der Waals surface area contributed by atoms with Crippen LogP contribution in [0.1, 0.15) is 5.56 Å². The molecule has 2 aromatic carbocycles. The fourth-order valence-corrected chi connectivity index (χ4v) is 1.74. The van der Waals surface area contributed by atoms with Gasteiger partial charge in [-0.3, -0.25) is 0 Å². The van der Waals surface area contributed by atoms with Gasteiger partial charge in [-0.05, 0) is 45.8 Å². The monoisotopic (exact) mass is 280 g/mol. The maximum absolute atomic E-state index is 13.0. The molecule has 2 aromatic rings. The van der Waals surface area contributed by atoms with Crippen molar-refractivity contribution in [2.75, 3.05) is 0 Å². The van der Waals surface area contributed by atoms with Crippen LogP contribution in [0.25, 0.3) is 0 Å². The van der Waals surface area contributed by atoms with Gasteiger partial charge in [0.1, 0.15) is 18.2 Å². The molecule has 0 atom stereocenters. The van der Waals surface area contributed by atoms with Crippen molar-refractivity contribution in [3.8, 4) is 5.75 Å². The van der Waals surface area contributed by atoms with Gasteiger partial charge in [0.15, 0.2) is 0 Å². The van der Waals surface area contributed by atoms with Crippen LogP contribution in [0.15, 0.2) is 53.0 Å². The Balaban J connectivity index is 2.03. The van der Waals surface area contributed by atoms with Crippen LogP contribution < -0.4 is 4.74 Å². The maximum atomic E-state index is 13.0. The summed E-state index contributed by atoms with van der Waals surface area (Å²) in [6.07, 6.45) is 0. The molecule has 0 fully saturated rings. The molecule has 82 valence electrons. The summed E-state index contributed by atoms with van der Waals surface area (Å²) in [5, 5.41) is 0. The maximum Gasteiger partial charge on any atom is 0.137 e. The summed E-state index contributed by atoms with van der Waals surface area (Å²) in [4.78, 5) is 0. The number of halogens is 2. The van der Waals surface area contributed by atoms with E-state index in [2.05, 4.69) is 15.9 Å². The molecular formula is C13H10BrFO. The van der Waals surface area contributed by atoms with Crippen molar-refractivity contribution in [1.82, 2.24) is 0 Å². The smallest absolute Gasteiger partial charge is 0.137 e. The normalized spacial score (nSPS) is 10.1. The molecular weight excluding hydrogens is 271 g/mol. The zero-order valence-electron chi connectivity index (χ0n) is 8.49. The van der Waals surface area contributed by atoms with Crippen LogP contribution in [-0.2, 0) is 6.61 Å². The predicted molar refractivity (Wildman–Crippen MR) is 64.9 cm³/mol. The molecule has 16 heavy (non-hydrogen) atoms. The highest BCUT2D eigenvalue weighted by atomic mass is 79.9. The van der Waals surface area contributed by atoms with Gasteiger partial charge in [0.05, 0.1) is 4.47 Å². The third-order valence-corrected chi connectivity index (χ3v) is 2.74. The first-order valence-electron chi connectivity index (χ1n) is 4.87. The molecule has 0 N–H and O–H groups in total. The molecule has 0 amide bonds. The van der Waals surface area contributed by atoms with Crippen LogP contribution >= 0.6 is 15.9 Å². The highest BCUT2D eigenvalue weighted by molar-refractivity contribution is 9.10. The molecule has 0 aliphatic rings. The number of ether oxygens (including phenoxy) is 1. The molecule has 0 saturated carbocycles. The van der Waals surface area contributed by atoms with E-state index in [9.17, 15) is 4.39 Å². The van der Waals surface area contributed by atoms with Gasteiger partial charge in [0, 0.05) is 0 Å². The van der Waals surface area contributed by atoms with Gasteiger partial charge >= 0.3 is 0 Å². The lowest BCUT2D eigenvalue weighted by Crippen LogP contribution is -1.95. The average molecular weight is 281 g/mol. The minimum atomic E-state index is -0.261. The van der Waals surface area contributed by atoms with Crippen LogP contribution in [0.5, 0.6) is 5.75 Å². The van der Waals surface area contributed by atoms with Crippen molar-refractivity contribution in [3.05, 3.63) is 64.4 Å². The Morgan fingerprint density at radius 3 is 2.50 bits per heavy atom. The molecule has 0 radical (unpaired) electrons. The number of hydrogen-bond acceptors (Lipinski definition) is 1. The van der Waals surface area contributed by atoms with E-state index in [0.29, 0.717) is 11.1 Å². The first-order valence-corrected chi connectivity index (χ1v) is 5.67. The topological polar surface area (TPSA) is 9.23 Å². The van der Waals surface area contributed by atoms with Crippen molar-refractivity contribution in [2.45, 2.75) is 6.61 Å². The van der Waals surface area contributed by atoms with Crippen molar-refractivity contribution in [3.63, 3.8) is 0 Å². The van der Waals surface area contributed by atoms with Gasteiger partial charge in [-0.25, -0.2) is 4.39 Å². The lowest BCUT2D eigenvalue weighted by molar-refractivity contribution is 0.306. The largest absolute Gasteiger partial charge is 0.489 e. The summed E-state index contributed by atoms with van der Waals surface area (Å²) in [6, 6.07) is 14.4. The van der Waals surface area contributed by atoms with E-state index in [0.717, 1.165) is 11.3 Å². The van der Waals surface area contributed by atoms with Gasteiger partial charge in [0.2, 0.25) is 0 Å². The fraction of sp³-hybridized carbons (Fsp3) is 0.0769. The molecule has 0 aromatic heterocycles. The number of benzene rings is 2. The van der Waals surface area contributed by atoms with E-state index in [-0.39, 0.29) is 5.82 Å². The zero-order chi connectivity index (χ0) is 11.4. The molecule has 1 nitrogen and oxygen atoms in total. The van der Waals surface area contributed by atoms with Gasteiger partial charge in [0.25, 0.3) is 0 Å².